The number of hydrogen-bond acceptors (Lipinski definition) is 5. The third kappa shape index (κ3) is 2.25. The first-order valence-electron chi connectivity index (χ1n) is 4.86. The van der Waals surface area contributed by atoms with Gasteiger partial charge >= 0.3 is 16.2 Å². The number of anilines is 1. The highest BCUT2D eigenvalue weighted by molar-refractivity contribution is 7.90. The number of aromatic amines is 1. The fourth-order valence-corrected chi connectivity index (χ4v) is 2.70. The largest absolute Gasteiger partial charge is 0.466 e. The number of nitrogens with one attached hydrogen (secondary N) is 2. The second-order valence-electron chi connectivity index (χ2n) is 3.38. The fourth-order valence-electron chi connectivity index (χ4n) is 1.50. The molecule has 9 heteroatoms. The summed E-state index contributed by atoms with van der Waals surface area (Å²) in [5.74, 6) is 0.0590. The van der Waals surface area contributed by atoms with Crippen molar-refractivity contribution >= 4 is 16.2 Å². The van der Waals surface area contributed by atoms with E-state index in [0.29, 0.717) is 13.1 Å². The molecule has 0 radical (unpaired) electrons. The van der Waals surface area contributed by atoms with Crippen molar-refractivity contribution in [1.29, 1.82) is 0 Å². The molecule has 1 aliphatic rings. The van der Waals surface area contributed by atoms with E-state index in [2.05, 4.69) is 19.9 Å². The Morgan fingerprint density at radius 1 is 1.44 bits per heavy atom. The van der Waals surface area contributed by atoms with Crippen LogP contribution < -0.4 is 9.46 Å². The van der Waals surface area contributed by atoms with Gasteiger partial charge in [0.25, 0.3) is 0 Å². The number of hydrogen-bond donors (Lipinski definition) is 2. The molecular formula is C7H13N5O3S. The third-order valence-electron chi connectivity index (χ3n) is 2.28. The molecule has 0 atom stereocenters. The van der Waals surface area contributed by atoms with E-state index in [4.69, 9.17) is 4.74 Å². The van der Waals surface area contributed by atoms with Gasteiger partial charge in [0.1, 0.15) is 0 Å². The van der Waals surface area contributed by atoms with Crippen LogP contribution in [0.5, 0.6) is 6.01 Å². The predicted molar refractivity (Wildman–Crippen MR) is 56.3 cm³/mol. The minimum Gasteiger partial charge on any atom is -0.466 e. The van der Waals surface area contributed by atoms with Crippen LogP contribution in [0, 0.1) is 0 Å². The monoisotopic (exact) mass is 247 g/mol. The molecule has 1 aromatic rings. The number of H-pyrrole nitrogens is 1. The van der Waals surface area contributed by atoms with Gasteiger partial charge in [0.15, 0.2) is 0 Å². The first-order chi connectivity index (χ1) is 7.62. The Morgan fingerprint density at radius 3 is 2.69 bits per heavy atom. The van der Waals surface area contributed by atoms with E-state index in [9.17, 15) is 8.42 Å². The zero-order valence-electron chi connectivity index (χ0n) is 8.80. The van der Waals surface area contributed by atoms with Gasteiger partial charge in [0.05, 0.1) is 7.11 Å². The molecular weight excluding hydrogens is 234 g/mol. The molecule has 1 aliphatic heterocycles. The first-order valence-corrected chi connectivity index (χ1v) is 6.30. The average Bonchev–Trinajstić information content (AvgIpc) is 2.86. The van der Waals surface area contributed by atoms with Crippen LogP contribution in [0.4, 0.5) is 5.95 Å². The third-order valence-corrected chi connectivity index (χ3v) is 3.77. The minimum atomic E-state index is -3.51. The van der Waals surface area contributed by atoms with Gasteiger partial charge in [-0.3, -0.25) is 0 Å². The summed E-state index contributed by atoms with van der Waals surface area (Å²) in [5, 5.41) is 6.07. The van der Waals surface area contributed by atoms with Crippen molar-refractivity contribution < 1.29 is 13.2 Å². The van der Waals surface area contributed by atoms with Crippen LogP contribution in [0.25, 0.3) is 0 Å². The summed E-state index contributed by atoms with van der Waals surface area (Å²) >= 11 is 0. The van der Waals surface area contributed by atoms with Crippen LogP contribution in [0.15, 0.2) is 0 Å². The van der Waals surface area contributed by atoms with Gasteiger partial charge in [-0.2, -0.15) is 17.7 Å². The van der Waals surface area contributed by atoms with Crippen LogP contribution >= 0.6 is 0 Å². The van der Waals surface area contributed by atoms with Crippen molar-refractivity contribution in [3.05, 3.63) is 0 Å². The molecule has 2 rings (SSSR count). The number of aromatic nitrogens is 3. The Morgan fingerprint density at radius 2 is 2.12 bits per heavy atom. The van der Waals surface area contributed by atoms with Gasteiger partial charge in [-0.25, -0.2) is 9.82 Å². The molecule has 90 valence electrons. The van der Waals surface area contributed by atoms with E-state index in [1.165, 1.54) is 11.4 Å². The maximum Gasteiger partial charge on any atom is 0.336 e. The smallest absolute Gasteiger partial charge is 0.336 e. The van der Waals surface area contributed by atoms with Crippen molar-refractivity contribution in [3.63, 3.8) is 0 Å². The van der Waals surface area contributed by atoms with Crippen molar-refractivity contribution in [1.82, 2.24) is 19.5 Å². The second kappa shape index (κ2) is 4.26. The van der Waals surface area contributed by atoms with Crippen LogP contribution in [0.2, 0.25) is 0 Å². The minimum absolute atomic E-state index is 0.0590. The zero-order valence-corrected chi connectivity index (χ0v) is 9.62. The molecule has 0 unspecified atom stereocenters. The predicted octanol–water partition coefficient (Wildman–Crippen LogP) is -0.434. The van der Waals surface area contributed by atoms with Crippen LogP contribution in [0.1, 0.15) is 12.8 Å². The van der Waals surface area contributed by atoms with E-state index >= 15 is 0 Å². The van der Waals surface area contributed by atoms with E-state index in [-0.39, 0.29) is 12.0 Å². The molecule has 2 heterocycles. The van der Waals surface area contributed by atoms with Gasteiger partial charge in [0.2, 0.25) is 5.95 Å². The normalized spacial score (nSPS) is 17.6. The molecule has 0 spiro atoms. The summed E-state index contributed by atoms with van der Waals surface area (Å²) in [5.41, 5.74) is 0. The van der Waals surface area contributed by atoms with E-state index in [1.54, 1.807) is 0 Å². The highest BCUT2D eigenvalue weighted by Gasteiger charge is 2.26. The van der Waals surface area contributed by atoms with E-state index < -0.39 is 10.2 Å². The summed E-state index contributed by atoms with van der Waals surface area (Å²) < 4.78 is 32.0. The van der Waals surface area contributed by atoms with E-state index in [1.807, 2.05) is 0 Å². The topological polar surface area (TPSA) is 100 Å². The Kier molecular flexibility index (Phi) is 2.97. The van der Waals surface area contributed by atoms with E-state index in [0.717, 1.165) is 12.8 Å². The van der Waals surface area contributed by atoms with Gasteiger partial charge in [0, 0.05) is 13.1 Å². The van der Waals surface area contributed by atoms with Crippen molar-refractivity contribution in [2.45, 2.75) is 12.8 Å². The fraction of sp³-hybridized carbons (Fsp3) is 0.714. The lowest BCUT2D eigenvalue weighted by molar-refractivity contribution is 0.382. The molecule has 16 heavy (non-hydrogen) atoms. The van der Waals surface area contributed by atoms with Crippen LogP contribution in [0.3, 0.4) is 0 Å². The number of methoxy groups -OCH3 is 1. The van der Waals surface area contributed by atoms with Crippen molar-refractivity contribution in [2.75, 3.05) is 24.9 Å². The van der Waals surface area contributed by atoms with Crippen LogP contribution in [-0.2, 0) is 10.2 Å². The molecule has 1 fully saturated rings. The molecule has 0 saturated carbocycles. The average molecular weight is 247 g/mol. The van der Waals surface area contributed by atoms with Crippen molar-refractivity contribution in [2.24, 2.45) is 0 Å². The van der Waals surface area contributed by atoms with Crippen molar-refractivity contribution in [3.8, 4) is 6.01 Å². The first kappa shape index (κ1) is 11.1. The standard InChI is InChI=1S/C7H13N5O3S/c1-15-7-8-6(9-10-7)11-16(13,14)12-4-2-3-5-12/h2-5H2,1H3,(H2,8,9,10,11). The summed E-state index contributed by atoms with van der Waals surface area (Å²) in [6.45, 7) is 1.08. The van der Waals surface area contributed by atoms with Gasteiger partial charge in [-0.1, -0.05) is 0 Å². The molecule has 0 aromatic carbocycles. The molecule has 0 amide bonds. The lowest BCUT2D eigenvalue weighted by Gasteiger charge is -2.14. The van der Waals surface area contributed by atoms with Crippen LogP contribution in [-0.4, -0.2) is 48.1 Å². The number of rotatable bonds is 4. The molecule has 0 bridgehead atoms. The lowest BCUT2D eigenvalue weighted by atomic mass is 10.4. The number of nitrogens with zero attached hydrogens (tertiary/aromatic N) is 3. The Bertz CT molecular complexity index is 450. The maximum absolute atomic E-state index is 11.8. The summed E-state index contributed by atoms with van der Waals surface area (Å²) in [7, 11) is -2.11. The SMILES string of the molecule is COc1n[nH]c(NS(=O)(=O)N2CCCC2)n1. The highest BCUT2D eigenvalue weighted by atomic mass is 32.2. The molecule has 2 N–H and O–H groups in total. The molecule has 0 aliphatic carbocycles. The lowest BCUT2D eigenvalue weighted by Crippen LogP contribution is -2.33. The summed E-state index contributed by atoms with van der Waals surface area (Å²) in [4.78, 5) is 3.78. The zero-order chi connectivity index (χ0) is 11.6. The second-order valence-corrected chi connectivity index (χ2v) is 5.05. The Labute approximate surface area is 93.2 Å². The van der Waals surface area contributed by atoms with Gasteiger partial charge in [-0.15, -0.1) is 5.10 Å². The summed E-state index contributed by atoms with van der Waals surface area (Å²) in [6.07, 6.45) is 1.78. The molecule has 8 nitrogen and oxygen atoms in total. The molecule has 1 aromatic heterocycles. The highest BCUT2D eigenvalue weighted by Crippen LogP contribution is 2.15. The van der Waals surface area contributed by atoms with Gasteiger partial charge < -0.3 is 4.74 Å². The van der Waals surface area contributed by atoms with Gasteiger partial charge in [-0.05, 0) is 12.8 Å². The molecule has 1 saturated heterocycles. The number of ether oxygens (including phenoxy) is 1. The Balaban J connectivity index is 2.08. The quantitative estimate of drug-likeness (QED) is 0.751. The maximum atomic E-state index is 11.8. The summed E-state index contributed by atoms with van der Waals surface area (Å²) in [6, 6.07) is 0.0964. The Hall–Kier alpha value is -1.35.